The van der Waals surface area contributed by atoms with Crippen molar-refractivity contribution in [2.75, 3.05) is 6.54 Å². The second-order valence-corrected chi connectivity index (χ2v) is 5.62. The number of hydrogen-bond acceptors (Lipinski definition) is 2. The van der Waals surface area contributed by atoms with Gasteiger partial charge in [-0.3, -0.25) is 0 Å². The minimum atomic E-state index is -1.11. The Balaban J connectivity index is 2.08. The number of fused-ring (bicyclic) bond motifs is 1. The molecule has 2 nitrogen and oxygen atoms in total. The number of hydrogen-bond donors (Lipinski definition) is 2. The van der Waals surface area contributed by atoms with E-state index in [1.54, 1.807) is 12.1 Å². The molecule has 3 rings (SSSR count). The molecular weight excluding hydrogens is 265 g/mol. The molecule has 1 heterocycles. The molecule has 2 atom stereocenters. The van der Waals surface area contributed by atoms with Gasteiger partial charge in [0.2, 0.25) is 0 Å². The topological polar surface area (TPSA) is 32.3 Å². The minimum Gasteiger partial charge on any atom is -0.383 e. The predicted octanol–water partition coefficient (Wildman–Crippen LogP) is 3.31. The van der Waals surface area contributed by atoms with Crippen LogP contribution in [-0.2, 0) is 12.0 Å². The van der Waals surface area contributed by atoms with Crippen molar-refractivity contribution in [1.82, 2.24) is 5.32 Å². The van der Waals surface area contributed by atoms with Gasteiger partial charge in [0.15, 0.2) is 0 Å². The van der Waals surface area contributed by atoms with E-state index in [1.807, 2.05) is 25.1 Å². The molecule has 110 valence electrons. The number of nitrogens with one attached hydrogen (secondary N) is 1. The highest BCUT2D eigenvalue weighted by molar-refractivity contribution is 5.37. The standard InChI is InChI=1S/C18H20FNO/c1-2-18(21,14-7-5-8-15(19)12-14)17-16-9-4-3-6-13(16)10-11-20-17/h3-9,12,17,20-21H,2,10-11H2,1H3. The molecule has 1 aliphatic rings. The fourth-order valence-electron chi connectivity index (χ4n) is 3.26. The molecule has 0 aliphatic carbocycles. The molecule has 2 N–H and O–H groups in total. The maximum absolute atomic E-state index is 13.6. The van der Waals surface area contributed by atoms with Crippen LogP contribution in [0.5, 0.6) is 0 Å². The van der Waals surface area contributed by atoms with Crippen LogP contribution in [0.4, 0.5) is 4.39 Å². The van der Waals surface area contributed by atoms with Gasteiger partial charge in [-0.2, -0.15) is 0 Å². The molecule has 0 radical (unpaired) electrons. The van der Waals surface area contributed by atoms with Gasteiger partial charge in [-0.15, -0.1) is 0 Å². The highest BCUT2D eigenvalue weighted by Crippen LogP contribution is 2.40. The maximum Gasteiger partial charge on any atom is 0.123 e. The summed E-state index contributed by atoms with van der Waals surface area (Å²) >= 11 is 0. The van der Waals surface area contributed by atoms with Crippen LogP contribution in [0.1, 0.15) is 36.1 Å². The van der Waals surface area contributed by atoms with Gasteiger partial charge in [-0.25, -0.2) is 4.39 Å². The van der Waals surface area contributed by atoms with Gasteiger partial charge in [0, 0.05) is 0 Å². The lowest BCUT2D eigenvalue weighted by Crippen LogP contribution is -2.45. The van der Waals surface area contributed by atoms with E-state index in [9.17, 15) is 9.50 Å². The van der Waals surface area contributed by atoms with Gasteiger partial charge in [-0.05, 0) is 48.2 Å². The van der Waals surface area contributed by atoms with Crippen LogP contribution in [-0.4, -0.2) is 11.7 Å². The monoisotopic (exact) mass is 285 g/mol. The fraction of sp³-hybridized carbons (Fsp3) is 0.333. The zero-order valence-corrected chi connectivity index (χ0v) is 12.1. The second kappa shape index (κ2) is 5.58. The van der Waals surface area contributed by atoms with Gasteiger partial charge in [0.25, 0.3) is 0 Å². The molecule has 0 saturated carbocycles. The third kappa shape index (κ3) is 2.47. The first-order chi connectivity index (χ1) is 10.1. The van der Waals surface area contributed by atoms with Crippen LogP contribution in [0.15, 0.2) is 48.5 Å². The Morgan fingerprint density at radius 3 is 2.81 bits per heavy atom. The molecule has 0 aromatic heterocycles. The van der Waals surface area contributed by atoms with Crippen molar-refractivity contribution >= 4 is 0 Å². The van der Waals surface area contributed by atoms with Crippen molar-refractivity contribution < 1.29 is 9.50 Å². The lowest BCUT2D eigenvalue weighted by Gasteiger charge is -2.40. The van der Waals surface area contributed by atoms with Gasteiger partial charge in [0.05, 0.1) is 6.04 Å². The minimum absolute atomic E-state index is 0.214. The normalized spacial score (nSPS) is 20.6. The van der Waals surface area contributed by atoms with E-state index in [1.165, 1.54) is 17.7 Å². The van der Waals surface area contributed by atoms with Crippen LogP contribution in [0, 0.1) is 5.82 Å². The van der Waals surface area contributed by atoms with E-state index in [2.05, 4.69) is 11.4 Å². The van der Waals surface area contributed by atoms with Crippen molar-refractivity contribution in [3.8, 4) is 0 Å². The second-order valence-electron chi connectivity index (χ2n) is 5.62. The van der Waals surface area contributed by atoms with E-state index < -0.39 is 5.60 Å². The first-order valence-corrected chi connectivity index (χ1v) is 7.45. The van der Waals surface area contributed by atoms with Crippen molar-refractivity contribution in [2.45, 2.75) is 31.4 Å². The average molecular weight is 285 g/mol. The largest absolute Gasteiger partial charge is 0.383 e. The molecule has 21 heavy (non-hydrogen) atoms. The molecule has 0 saturated heterocycles. The summed E-state index contributed by atoms with van der Waals surface area (Å²) in [5.41, 5.74) is 1.87. The maximum atomic E-state index is 13.6. The van der Waals surface area contributed by atoms with Crippen LogP contribution in [0.25, 0.3) is 0 Å². The van der Waals surface area contributed by atoms with E-state index in [0.29, 0.717) is 12.0 Å². The summed E-state index contributed by atoms with van der Waals surface area (Å²) in [6, 6.07) is 14.2. The zero-order valence-electron chi connectivity index (χ0n) is 12.1. The smallest absolute Gasteiger partial charge is 0.123 e. The van der Waals surface area contributed by atoms with Crippen LogP contribution in [0.2, 0.25) is 0 Å². The Bertz CT molecular complexity index is 643. The van der Waals surface area contributed by atoms with Crippen molar-refractivity contribution in [3.63, 3.8) is 0 Å². The lowest BCUT2D eigenvalue weighted by atomic mass is 9.77. The summed E-state index contributed by atoms with van der Waals surface area (Å²) in [5, 5.41) is 14.7. The Morgan fingerprint density at radius 2 is 2.05 bits per heavy atom. The Morgan fingerprint density at radius 1 is 1.24 bits per heavy atom. The SMILES string of the molecule is CCC(O)(c1cccc(F)c1)C1NCCc2ccccc21. The first-order valence-electron chi connectivity index (χ1n) is 7.45. The summed E-state index contributed by atoms with van der Waals surface area (Å²) in [7, 11) is 0. The lowest BCUT2D eigenvalue weighted by molar-refractivity contribution is -0.0109. The first kappa shape index (κ1) is 14.2. The van der Waals surface area contributed by atoms with E-state index in [0.717, 1.165) is 18.5 Å². The summed E-state index contributed by atoms with van der Waals surface area (Å²) in [6.07, 6.45) is 1.47. The van der Waals surface area contributed by atoms with Crippen LogP contribution >= 0.6 is 0 Å². The Labute approximate surface area is 124 Å². The molecule has 0 fully saturated rings. The molecule has 2 aromatic rings. The van der Waals surface area contributed by atoms with Gasteiger partial charge in [0.1, 0.15) is 11.4 Å². The summed E-state index contributed by atoms with van der Waals surface area (Å²) in [4.78, 5) is 0. The quantitative estimate of drug-likeness (QED) is 0.907. The molecule has 2 unspecified atom stereocenters. The van der Waals surface area contributed by atoms with Gasteiger partial charge >= 0.3 is 0 Å². The van der Waals surface area contributed by atoms with Gasteiger partial charge in [-0.1, -0.05) is 43.3 Å². The summed E-state index contributed by atoms with van der Waals surface area (Å²) in [6.45, 7) is 2.75. The zero-order chi connectivity index (χ0) is 14.9. The molecule has 3 heteroatoms. The highest BCUT2D eigenvalue weighted by atomic mass is 19.1. The van der Waals surface area contributed by atoms with Crippen molar-refractivity contribution in [1.29, 1.82) is 0 Å². The average Bonchev–Trinajstić information content (AvgIpc) is 2.53. The summed E-state index contributed by atoms with van der Waals surface area (Å²) < 4.78 is 13.6. The van der Waals surface area contributed by atoms with Crippen molar-refractivity contribution in [3.05, 3.63) is 71.0 Å². The van der Waals surface area contributed by atoms with Crippen molar-refractivity contribution in [2.24, 2.45) is 0 Å². The predicted molar refractivity (Wildman–Crippen MR) is 81.5 cm³/mol. The Kier molecular flexibility index (Phi) is 3.79. The van der Waals surface area contributed by atoms with E-state index in [4.69, 9.17) is 0 Å². The van der Waals surface area contributed by atoms with E-state index in [-0.39, 0.29) is 11.9 Å². The van der Waals surface area contributed by atoms with Crippen LogP contribution < -0.4 is 5.32 Å². The number of halogens is 1. The highest BCUT2D eigenvalue weighted by Gasteiger charge is 2.40. The fourth-order valence-corrected chi connectivity index (χ4v) is 3.26. The van der Waals surface area contributed by atoms with Crippen LogP contribution in [0.3, 0.4) is 0 Å². The molecule has 0 bridgehead atoms. The Hall–Kier alpha value is -1.71. The molecule has 0 spiro atoms. The third-order valence-corrected chi connectivity index (χ3v) is 4.45. The molecule has 1 aliphatic heterocycles. The molecule has 2 aromatic carbocycles. The molecule has 0 amide bonds. The third-order valence-electron chi connectivity index (χ3n) is 4.45. The van der Waals surface area contributed by atoms with Gasteiger partial charge < -0.3 is 10.4 Å². The molecular formula is C18H20FNO. The number of rotatable bonds is 3. The summed E-state index contributed by atoms with van der Waals surface area (Å²) in [5.74, 6) is -0.316. The number of benzene rings is 2. The number of aliphatic hydroxyl groups is 1. The van der Waals surface area contributed by atoms with E-state index >= 15 is 0 Å².